The molecular formula is C12H16N2S. The topological polar surface area (TPSA) is 49.8 Å². The fourth-order valence-electron chi connectivity index (χ4n) is 1.07. The van der Waals surface area contributed by atoms with Crippen LogP contribution in [0.1, 0.15) is 18.1 Å². The highest BCUT2D eigenvalue weighted by Crippen LogP contribution is 2.23. The third-order valence-electron chi connectivity index (χ3n) is 2.27. The predicted octanol–water partition coefficient (Wildman–Crippen LogP) is 2.64. The summed E-state index contributed by atoms with van der Waals surface area (Å²) in [5.74, 6) is 0.617. The molecule has 0 radical (unpaired) electrons. The minimum absolute atomic E-state index is 0.617. The van der Waals surface area contributed by atoms with Crippen LogP contribution in [0.5, 0.6) is 0 Å². The second kappa shape index (κ2) is 4.69. The molecule has 0 spiro atoms. The Hall–Kier alpha value is -0.980. The zero-order valence-corrected chi connectivity index (χ0v) is 10.2. The number of nitrogens with zero attached hydrogens (tertiary/aromatic N) is 1. The van der Waals surface area contributed by atoms with Crippen LogP contribution < -0.4 is 5.73 Å². The number of nitriles is 1. The van der Waals surface area contributed by atoms with Gasteiger partial charge < -0.3 is 5.73 Å². The number of aryl methyl sites for hydroxylation is 2. The minimum Gasteiger partial charge on any atom is -0.313 e. The summed E-state index contributed by atoms with van der Waals surface area (Å²) in [6, 6.07) is 8.39. The van der Waals surface area contributed by atoms with E-state index in [0.717, 1.165) is 0 Å². The summed E-state index contributed by atoms with van der Waals surface area (Å²) < 4.78 is 0. The van der Waals surface area contributed by atoms with Gasteiger partial charge in [0, 0.05) is 10.6 Å². The van der Waals surface area contributed by atoms with Gasteiger partial charge in [-0.15, -0.1) is 11.8 Å². The van der Waals surface area contributed by atoms with Gasteiger partial charge in [0.15, 0.2) is 0 Å². The van der Waals surface area contributed by atoms with Gasteiger partial charge in [0.2, 0.25) is 0 Å². The minimum atomic E-state index is -0.747. The molecule has 1 aromatic carbocycles. The van der Waals surface area contributed by atoms with Gasteiger partial charge in [-0.2, -0.15) is 5.26 Å². The molecule has 1 unspecified atom stereocenters. The van der Waals surface area contributed by atoms with Crippen LogP contribution in [0.15, 0.2) is 23.1 Å². The molecule has 3 heteroatoms. The maximum absolute atomic E-state index is 8.78. The van der Waals surface area contributed by atoms with Crippen molar-refractivity contribution in [1.29, 1.82) is 5.26 Å². The Morgan fingerprint density at radius 2 is 2.07 bits per heavy atom. The average molecular weight is 220 g/mol. The van der Waals surface area contributed by atoms with Crippen molar-refractivity contribution in [3.63, 3.8) is 0 Å². The second-order valence-electron chi connectivity index (χ2n) is 4.06. The third kappa shape index (κ3) is 3.58. The smallest absolute Gasteiger partial charge is 0.110 e. The predicted molar refractivity (Wildman–Crippen MR) is 64.8 cm³/mol. The monoisotopic (exact) mass is 220 g/mol. The molecule has 0 saturated heterocycles. The molecule has 0 aliphatic carbocycles. The molecule has 1 aromatic rings. The first-order valence-corrected chi connectivity index (χ1v) is 5.83. The molecule has 0 saturated carbocycles. The van der Waals surface area contributed by atoms with Crippen molar-refractivity contribution >= 4 is 11.8 Å². The number of hydrogen-bond acceptors (Lipinski definition) is 3. The molecule has 0 heterocycles. The van der Waals surface area contributed by atoms with Crippen LogP contribution in [0, 0.1) is 25.2 Å². The molecule has 15 heavy (non-hydrogen) atoms. The Bertz CT molecular complexity index is 391. The van der Waals surface area contributed by atoms with Crippen LogP contribution in [0.2, 0.25) is 0 Å². The van der Waals surface area contributed by atoms with Crippen molar-refractivity contribution in [1.82, 2.24) is 0 Å². The van der Waals surface area contributed by atoms with Crippen molar-refractivity contribution in [2.45, 2.75) is 31.2 Å². The summed E-state index contributed by atoms with van der Waals surface area (Å²) in [6.45, 7) is 5.93. The van der Waals surface area contributed by atoms with E-state index < -0.39 is 5.54 Å². The van der Waals surface area contributed by atoms with Crippen molar-refractivity contribution in [3.05, 3.63) is 29.3 Å². The van der Waals surface area contributed by atoms with Crippen LogP contribution >= 0.6 is 11.8 Å². The van der Waals surface area contributed by atoms with Gasteiger partial charge in [-0.3, -0.25) is 0 Å². The Balaban J connectivity index is 2.67. The van der Waals surface area contributed by atoms with E-state index in [-0.39, 0.29) is 0 Å². The average Bonchev–Trinajstić information content (AvgIpc) is 2.20. The van der Waals surface area contributed by atoms with Crippen molar-refractivity contribution in [3.8, 4) is 6.07 Å². The molecular weight excluding hydrogens is 204 g/mol. The van der Waals surface area contributed by atoms with Gasteiger partial charge in [0.1, 0.15) is 5.54 Å². The first kappa shape index (κ1) is 12.1. The molecule has 1 atom stereocenters. The van der Waals surface area contributed by atoms with Gasteiger partial charge in [0.05, 0.1) is 6.07 Å². The Labute approximate surface area is 95.5 Å². The standard InChI is InChI=1S/C12H16N2S/c1-9-4-5-11(6-10(9)2)15-8-12(3,14)7-13/h4-6H,8,14H2,1-3H3. The van der Waals surface area contributed by atoms with E-state index in [1.807, 2.05) is 0 Å². The Morgan fingerprint density at radius 3 is 2.60 bits per heavy atom. The molecule has 1 rings (SSSR count). The van der Waals surface area contributed by atoms with Crippen LogP contribution in [-0.4, -0.2) is 11.3 Å². The first-order valence-electron chi connectivity index (χ1n) is 4.85. The molecule has 0 amide bonds. The molecule has 0 bridgehead atoms. The molecule has 0 aliphatic heterocycles. The molecule has 2 N–H and O–H groups in total. The van der Waals surface area contributed by atoms with Crippen molar-refractivity contribution < 1.29 is 0 Å². The maximum Gasteiger partial charge on any atom is 0.110 e. The third-order valence-corrected chi connectivity index (χ3v) is 3.60. The summed E-state index contributed by atoms with van der Waals surface area (Å²) in [5, 5.41) is 8.78. The van der Waals surface area contributed by atoms with Crippen LogP contribution in [0.3, 0.4) is 0 Å². The van der Waals surface area contributed by atoms with E-state index in [4.69, 9.17) is 11.0 Å². The lowest BCUT2D eigenvalue weighted by Crippen LogP contribution is -2.36. The molecule has 0 fully saturated rings. The normalized spacial score (nSPS) is 14.3. The molecule has 0 aromatic heterocycles. The number of thioether (sulfide) groups is 1. The molecule has 0 aliphatic rings. The van der Waals surface area contributed by atoms with E-state index in [2.05, 4.69) is 38.1 Å². The Kier molecular flexibility index (Phi) is 3.78. The number of hydrogen-bond donors (Lipinski definition) is 1. The molecule has 2 nitrogen and oxygen atoms in total. The molecule has 80 valence electrons. The largest absolute Gasteiger partial charge is 0.313 e. The fourth-order valence-corrected chi connectivity index (χ4v) is 2.02. The van der Waals surface area contributed by atoms with Crippen LogP contribution in [-0.2, 0) is 0 Å². The van der Waals surface area contributed by atoms with E-state index >= 15 is 0 Å². The van der Waals surface area contributed by atoms with Gasteiger partial charge in [0.25, 0.3) is 0 Å². The zero-order valence-electron chi connectivity index (χ0n) is 9.37. The highest BCUT2D eigenvalue weighted by molar-refractivity contribution is 7.99. The highest BCUT2D eigenvalue weighted by atomic mass is 32.2. The Morgan fingerprint density at radius 1 is 1.40 bits per heavy atom. The van der Waals surface area contributed by atoms with Gasteiger partial charge in [-0.1, -0.05) is 6.07 Å². The zero-order chi connectivity index (χ0) is 11.5. The fraction of sp³-hybridized carbons (Fsp3) is 0.417. The summed E-state index contributed by atoms with van der Waals surface area (Å²) in [4.78, 5) is 1.17. The number of nitrogens with two attached hydrogens (primary N) is 1. The van der Waals surface area contributed by atoms with Crippen LogP contribution in [0.25, 0.3) is 0 Å². The summed E-state index contributed by atoms with van der Waals surface area (Å²) in [5.41, 5.74) is 7.56. The van der Waals surface area contributed by atoms with E-state index in [0.29, 0.717) is 5.75 Å². The maximum atomic E-state index is 8.78. The van der Waals surface area contributed by atoms with Crippen molar-refractivity contribution in [2.75, 3.05) is 5.75 Å². The van der Waals surface area contributed by atoms with E-state index in [9.17, 15) is 0 Å². The SMILES string of the molecule is Cc1ccc(SCC(C)(N)C#N)cc1C. The highest BCUT2D eigenvalue weighted by Gasteiger charge is 2.17. The van der Waals surface area contributed by atoms with E-state index in [1.165, 1.54) is 16.0 Å². The van der Waals surface area contributed by atoms with Gasteiger partial charge in [-0.05, 0) is 44.0 Å². The van der Waals surface area contributed by atoms with Crippen molar-refractivity contribution in [2.24, 2.45) is 5.73 Å². The first-order chi connectivity index (χ1) is 6.94. The van der Waals surface area contributed by atoms with Gasteiger partial charge >= 0.3 is 0 Å². The number of benzene rings is 1. The lowest BCUT2D eigenvalue weighted by atomic mass is 10.1. The lowest BCUT2D eigenvalue weighted by Gasteiger charge is -2.14. The second-order valence-corrected chi connectivity index (χ2v) is 5.11. The number of rotatable bonds is 3. The van der Waals surface area contributed by atoms with Crippen LogP contribution in [0.4, 0.5) is 0 Å². The summed E-state index contributed by atoms with van der Waals surface area (Å²) in [7, 11) is 0. The van der Waals surface area contributed by atoms with E-state index in [1.54, 1.807) is 18.7 Å². The quantitative estimate of drug-likeness (QED) is 0.797. The summed E-state index contributed by atoms with van der Waals surface area (Å²) >= 11 is 1.63. The lowest BCUT2D eigenvalue weighted by molar-refractivity contribution is 0.682. The summed E-state index contributed by atoms with van der Waals surface area (Å²) in [6.07, 6.45) is 0. The van der Waals surface area contributed by atoms with Gasteiger partial charge in [-0.25, -0.2) is 0 Å².